The van der Waals surface area contributed by atoms with Gasteiger partial charge in [0.25, 0.3) is 0 Å². The van der Waals surface area contributed by atoms with Crippen LogP contribution in [0.5, 0.6) is 0 Å². The molecule has 2 saturated heterocycles. The summed E-state index contributed by atoms with van der Waals surface area (Å²) in [5.74, 6) is 0. The van der Waals surface area contributed by atoms with Gasteiger partial charge in [-0.2, -0.15) is 13.2 Å². The second-order valence-corrected chi connectivity index (χ2v) is 6.25. The first-order chi connectivity index (χ1) is 8.93. The highest BCUT2D eigenvalue weighted by Gasteiger charge is 2.41. The molecule has 0 radical (unpaired) electrons. The minimum Gasteiger partial charge on any atom is -0.393 e. The molecule has 2 bridgehead atoms. The molecule has 2 aliphatic rings. The number of halogens is 3. The Morgan fingerprint density at radius 1 is 1.32 bits per heavy atom. The number of aliphatic hydroxyl groups is 1. The van der Waals surface area contributed by atoms with Gasteiger partial charge in [-0.25, -0.2) is 4.98 Å². The smallest absolute Gasteiger partial charge is 0.393 e. The summed E-state index contributed by atoms with van der Waals surface area (Å²) in [6, 6.07) is 0.596. The Hall–Kier alpha value is -0.660. The fourth-order valence-electron chi connectivity index (χ4n) is 3.17. The zero-order chi connectivity index (χ0) is 13.6. The van der Waals surface area contributed by atoms with Crippen molar-refractivity contribution >= 4 is 11.3 Å². The van der Waals surface area contributed by atoms with E-state index in [0.717, 1.165) is 42.4 Å². The van der Waals surface area contributed by atoms with Crippen LogP contribution in [0.2, 0.25) is 0 Å². The van der Waals surface area contributed by atoms with Gasteiger partial charge in [-0.15, -0.1) is 11.3 Å². The first-order valence-electron chi connectivity index (χ1n) is 6.39. The highest BCUT2D eigenvalue weighted by atomic mass is 32.1. The molecule has 1 N–H and O–H groups in total. The lowest BCUT2D eigenvalue weighted by atomic mass is 10.0. The fourth-order valence-corrected chi connectivity index (χ4v) is 3.98. The van der Waals surface area contributed by atoms with Crippen LogP contribution in [-0.2, 0) is 12.7 Å². The summed E-state index contributed by atoms with van der Waals surface area (Å²) < 4.78 is 37.5. The van der Waals surface area contributed by atoms with Crippen molar-refractivity contribution < 1.29 is 18.3 Å². The number of piperidine rings is 1. The Morgan fingerprint density at radius 3 is 2.47 bits per heavy atom. The van der Waals surface area contributed by atoms with E-state index >= 15 is 0 Å². The number of fused-ring (bicyclic) bond motifs is 2. The molecule has 3 rings (SSSR count). The molecule has 0 spiro atoms. The van der Waals surface area contributed by atoms with Crippen LogP contribution in [0.15, 0.2) is 5.38 Å². The predicted molar refractivity (Wildman–Crippen MR) is 64.7 cm³/mol. The van der Waals surface area contributed by atoms with E-state index in [0.29, 0.717) is 23.6 Å². The van der Waals surface area contributed by atoms with Gasteiger partial charge in [0.1, 0.15) is 5.01 Å². The lowest BCUT2D eigenvalue weighted by molar-refractivity contribution is -0.140. The molecule has 7 heteroatoms. The van der Waals surface area contributed by atoms with Crippen LogP contribution < -0.4 is 0 Å². The Morgan fingerprint density at radius 2 is 1.95 bits per heavy atom. The van der Waals surface area contributed by atoms with Crippen molar-refractivity contribution in [2.75, 3.05) is 0 Å². The topological polar surface area (TPSA) is 36.4 Å². The van der Waals surface area contributed by atoms with Gasteiger partial charge in [-0.1, -0.05) is 0 Å². The minimum atomic E-state index is -4.36. The van der Waals surface area contributed by atoms with E-state index in [2.05, 4.69) is 9.88 Å². The average molecular weight is 292 g/mol. The molecule has 106 valence electrons. The molecule has 19 heavy (non-hydrogen) atoms. The Bertz CT molecular complexity index is 448. The number of nitrogens with zero attached hydrogens (tertiary/aromatic N) is 2. The summed E-state index contributed by atoms with van der Waals surface area (Å²) >= 11 is 1.07. The fraction of sp³-hybridized carbons (Fsp3) is 0.750. The zero-order valence-electron chi connectivity index (χ0n) is 10.2. The number of hydrogen-bond acceptors (Lipinski definition) is 4. The summed E-state index contributed by atoms with van der Waals surface area (Å²) in [7, 11) is 0. The maximum Gasteiger partial charge on any atom is 0.434 e. The van der Waals surface area contributed by atoms with Crippen molar-refractivity contribution in [2.45, 2.75) is 56.6 Å². The number of alkyl halides is 3. The third-order valence-corrected chi connectivity index (χ3v) is 4.85. The molecule has 0 aliphatic carbocycles. The molecule has 2 unspecified atom stereocenters. The van der Waals surface area contributed by atoms with E-state index < -0.39 is 11.9 Å². The molecular formula is C12H15F3N2OS. The van der Waals surface area contributed by atoms with Crippen LogP contribution in [0.3, 0.4) is 0 Å². The van der Waals surface area contributed by atoms with Gasteiger partial charge in [0.05, 0.1) is 12.6 Å². The second kappa shape index (κ2) is 4.71. The van der Waals surface area contributed by atoms with Crippen LogP contribution >= 0.6 is 11.3 Å². The Labute approximate surface area is 113 Å². The SMILES string of the molecule is OC1CC2CCC(C1)N2Cc1nc(C(F)(F)F)cs1. The van der Waals surface area contributed by atoms with E-state index in [9.17, 15) is 18.3 Å². The molecule has 0 aromatic carbocycles. The largest absolute Gasteiger partial charge is 0.434 e. The van der Waals surface area contributed by atoms with Gasteiger partial charge in [0, 0.05) is 17.5 Å². The second-order valence-electron chi connectivity index (χ2n) is 5.31. The highest BCUT2D eigenvalue weighted by molar-refractivity contribution is 7.09. The van der Waals surface area contributed by atoms with E-state index in [-0.39, 0.29) is 6.10 Å². The van der Waals surface area contributed by atoms with Crippen molar-refractivity contribution in [3.05, 3.63) is 16.1 Å². The van der Waals surface area contributed by atoms with Gasteiger partial charge in [0.2, 0.25) is 0 Å². The van der Waals surface area contributed by atoms with Crippen molar-refractivity contribution in [2.24, 2.45) is 0 Å². The van der Waals surface area contributed by atoms with Gasteiger partial charge in [-0.05, 0) is 25.7 Å². The third-order valence-electron chi connectivity index (χ3n) is 4.02. The van der Waals surface area contributed by atoms with Crippen molar-refractivity contribution in [3.8, 4) is 0 Å². The first kappa shape index (κ1) is 13.3. The molecule has 2 aliphatic heterocycles. The number of aliphatic hydroxyl groups excluding tert-OH is 1. The monoisotopic (exact) mass is 292 g/mol. The molecule has 1 aromatic heterocycles. The van der Waals surface area contributed by atoms with E-state index in [4.69, 9.17) is 0 Å². The van der Waals surface area contributed by atoms with Gasteiger partial charge in [-0.3, -0.25) is 4.90 Å². The molecule has 0 saturated carbocycles. The lowest BCUT2D eigenvalue weighted by Gasteiger charge is -2.36. The van der Waals surface area contributed by atoms with Gasteiger partial charge >= 0.3 is 6.18 Å². The van der Waals surface area contributed by atoms with Crippen LogP contribution in [0.4, 0.5) is 13.2 Å². The van der Waals surface area contributed by atoms with Gasteiger partial charge < -0.3 is 5.11 Å². The maximum atomic E-state index is 12.5. The van der Waals surface area contributed by atoms with Crippen molar-refractivity contribution in [1.82, 2.24) is 9.88 Å². The summed E-state index contributed by atoms with van der Waals surface area (Å²) in [5, 5.41) is 11.3. The van der Waals surface area contributed by atoms with E-state index in [1.165, 1.54) is 0 Å². The Kier molecular flexibility index (Phi) is 3.31. The maximum absolute atomic E-state index is 12.5. The van der Waals surface area contributed by atoms with Crippen molar-refractivity contribution in [1.29, 1.82) is 0 Å². The van der Waals surface area contributed by atoms with Crippen LogP contribution in [0.1, 0.15) is 36.4 Å². The zero-order valence-corrected chi connectivity index (χ0v) is 11.0. The van der Waals surface area contributed by atoms with Crippen LogP contribution in [0.25, 0.3) is 0 Å². The average Bonchev–Trinajstić information content (AvgIpc) is 2.85. The van der Waals surface area contributed by atoms with E-state index in [1.54, 1.807) is 0 Å². The normalized spacial score (nSPS) is 31.9. The number of thiazole rings is 1. The van der Waals surface area contributed by atoms with Gasteiger partial charge in [0.15, 0.2) is 5.69 Å². The molecule has 3 heterocycles. The van der Waals surface area contributed by atoms with Crippen molar-refractivity contribution in [3.63, 3.8) is 0 Å². The highest BCUT2D eigenvalue weighted by Crippen LogP contribution is 2.37. The first-order valence-corrected chi connectivity index (χ1v) is 7.27. The molecule has 2 atom stereocenters. The summed E-state index contributed by atoms with van der Waals surface area (Å²) in [4.78, 5) is 5.89. The van der Waals surface area contributed by atoms with E-state index in [1.807, 2.05) is 0 Å². The molecule has 0 amide bonds. The minimum absolute atomic E-state index is 0.254. The summed E-state index contributed by atoms with van der Waals surface area (Å²) in [6.07, 6.45) is -1.09. The molecule has 2 fully saturated rings. The number of rotatable bonds is 2. The summed E-state index contributed by atoms with van der Waals surface area (Å²) in [5.41, 5.74) is -0.795. The third kappa shape index (κ3) is 2.64. The molecular weight excluding hydrogens is 277 g/mol. The summed E-state index contributed by atoms with van der Waals surface area (Å²) in [6.45, 7) is 0.475. The standard InChI is InChI=1S/C12H15F3N2OS/c13-12(14,15)10-6-19-11(16-10)5-17-7-1-2-8(17)4-9(18)3-7/h6-9,18H,1-5H2. The lowest BCUT2D eigenvalue weighted by Crippen LogP contribution is -2.44. The Balaban J connectivity index is 1.71. The number of aromatic nitrogens is 1. The van der Waals surface area contributed by atoms with Crippen LogP contribution in [-0.4, -0.2) is 33.2 Å². The van der Waals surface area contributed by atoms with Crippen LogP contribution in [0, 0.1) is 0 Å². The quantitative estimate of drug-likeness (QED) is 0.910. The molecule has 3 nitrogen and oxygen atoms in total. The number of hydrogen-bond donors (Lipinski definition) is 1. The molecule has 1 aromatic rings. The predicted octanol–water partition coefficient (Wildman–Crippen LogP) is 2.65.